The number of aromatic nitrogens is 4. The number of amides is 1. The highest BCUT2D eigenvalue weighted by atomic mass is 16.5. The van der Waals surface area contributed by atoms with Crippen molar-refractivity contribution in [2.24, 2.45) is 5.73 Å². The van der Waals surface area contributed by atoms with Crippen LogP contribution in [0.1, 0.15) is 5.56 Å². The molecule has 1 aromatic carbocycles. The van der Waals surface area contributed by atoms with Crippen molar-refractivity contribution in [1.29, 1.82) is 0 Å². The Hall–Kier alpha value is -4.44. The Morgan fingerprint density at radius 1 is 1.12 bits per heavy atom. The molecular weight excluding hydrogens is 434 g/mol. The number of morpholine rings is 1. The second kappa shape index (κ2) is 9.20. The van der Waals surface area contributed by atoms with E-state index in [0.717, 1.165) is 24.6 Å². The van der Waals surface area contributed by atoms with E-state index in [2.05, 4.69) is 31.9 Å². The summed E-state index contributed by atoms with van der Waals surface area (Å²) in [6, 6.07) is 16.3. The number of fused-ring (bicyclic) bond motifs is 1. The lowest BCUT2D eigenvalue weighted by atomic mass is 10.1. The predicted molar refractivity (Wildman–Crippen MR) is 128 cm³/mol. The van der Waals surface area contributed by atoms with Gasteiger partial charge in [0.1, 0.15) is 11.6 Å². The van der Waals surface area contributed by atoms with Gasteiger partial charge in [-0.1, -0.05) is 24.8 Å². The van der Waals surface area contributed by atoms with Gasteiger partial charge in [0.05, 0.1) is 25.1 Å². The van der Waals surface area contributed by atoms with Gasteiger partial charge in [-0.15, -0.1) is 5.10 Å². The minimum atomic E-state index is -0.585. The second-order valence-corrected chi connectivity index (χ2v) is 7.67. The average Bonchev–Trinajstić information content (AvgIpc) is 3.28. The van der Waals surface area contributed by atoms with E-state index in [0.29, 0.717) is 42.0 Å². The zero-order valence-electron chi connectivity index (χ0n) is 18.3. The number of hydrogen-bond donors (Lipinski definition) is 2. The molecule has 0 radical (unpaired) electrons. The first-order valence-corrected chi connectivity index (χ1v) is 10.8. The third-order valence-electron chi connectivity index (χ3n) is 5.37. The summed E-state index contributed by atoms with van der Waals surface area (Å²) >= 11 is 0. The lowest BCUT2D eigenvalue weighted by Gasteiger charge is -2.27. The number of carbonyl (C=O) groups is 1. The lowest BCUT2D eigenvalue weighted by molar-refractivity contribution is -0.112. The van der Waals surface area contributed by atoms with Crippen molar-refractivity contribution in [3.05, 3.63) is 72.9 Å². The van der Waals surface area contributed by atoms with Crippen LogP contribution in [0, 0.1) is 0 Å². The number of hydrogen-bond acceptors (Lipinski definition) is 8. The van der Waals surface area contributed by atoms with E-state index >= 15 is 0 Å². The topological polar surface area (TPSA) is 120 Å². The molecule has 0 aliphatic carbocycles. The van der Waals surface area contributed by atoms with Gasteiger partial charge >= 0.3 is 0 Å². The molecule has 4 aromatic rings. The van der Waals surface area contributed by atoms with Crippen LogP contribution in [-0.2, 0) is 9.53 Å². The molecule has 1 saturated heterocycles. The first kappa shape index (κ1) is 21.4. The molecule has 4 heterocycles. The molecule has 34 heavy (non-hydrogen) atoms. The van der Waals surface area contributed by atoms with Crippen LogP contribution in [0.5, 0.6) is 11.6 Å². The molecule has 0 atom stereocenters. The van der Waals surface area contributed by atoms with Crippen LogP contribution in [0.25, 0.3) is 11.2 Å². The van der Waals surface area contributed by atoms with Crippen LogP contribution in [0.3, 0.4) is 0 Å². The van der Waals surface area contributed by atoms with Crippen LogP contribution in [-0.4, -0.2) is 51.8 Å². The largest absolute Gasteiger partial charge is 0.439 e. The van der Waals surface area contributed by atoms with Crippen molar-refractivity contribution < 1.29 is 14.3 Å². The molecule has 1 fully saturated rings. The first-order valence-electron chi connectivity index (χ1n) is 10.8. The number of nitrogens with zero attached hydrogens (tertiary/aromatic N) is 5. The van der Waals surface area contributed by atoms with Crippen LogP contribution < -0.4 is 20.7 Å². The van der Waals surface area contributed by atoms with Crippen LogP contribution in [0.4, 0.5) is 17.5 Å². The maximum absolute atomic E-state index is 11.4. The molecule has 1 amide bonds. The number of benzene rings is 1. The quantitative estimate of drug-likeness (QED) is 0.407. The predicted octanol–water partition coefficient (Wildman–Crippen LogP) is 3.00. The van der Waals surface area contributed by atoms with E-state index in [-0.39, 0.29) is 5.57 Å². The zero-order valence-corrected chi connectivity index (χ0v) is 18.3. The first-order chi connectivity index (χ1) is 16.6. The van der Waals surface area contributed by atoms with Crippen molar-refractivity contribution >= 4 is 34.6 Å². The normalized spacial score (nSPS) is 13.6. The highest BCUT2D eigenvalue weighted by Gasteiger charge is 2.14. The molecule has 1 aliphatic heterocycles. The van der Waals surface area contributed by atoms with Crippen LogP contribution >= 0.6 is 0 Å². The Bertz CT molecular complexity index is 1340. The maximum Gasteiger partial charge on any atom is 0.248 e. The second-order valence-electron chi connectivity index (χ2n) is 7.67. The molecular formula is C24H23N7O3. The Labute approximate surface area is 195 Å². The number of carbonyl (C=O) groups excluding carboxylic acids is 1. The zero-order chi connectivity index (χ0) is 23.5. The summed E-state index contributed by atoms with van der Waals surface area (Å²) in [4.78, 5) is 22.7. The summed E-state index contributed by atoms with van der Waals surface area (Å²) < 4.78 is 13.0. The van der Waals surface area contributed by atoms with Gasteiger partial charge in [0, 0.05) is 24.7 Å². The number of rotatable bonds is 7. The molecule has 3 N–H and O–H groups in total. The molecule has 3 aromatic heterocycles. The number of primary amides is 1. The maximum atomic E-state index is 11.4. The molecule has 0 unspecified atom stereocenters. The van der Waals surface area contributed by atoms with Crippen LogP contribution in [0.2, 0.25) is 0 Å². The van der Waals surface area contributed by atoms with Crippen molar-refractivity contribution in [2.45, 2.75) is 0 Å². The molecule has 0 spiro atoms. The van der Waals surface area contributed by atoms with E-state index < -0.39 is 5.91 Å². The number of nitrogens with one attached hydrogen (secondary N) is 1. The van der Waals surface area contributed by atoms with Gasteiger partial charge in [0.25, 0.3) is 0 Å². The van der Waals surface area contributed by atoms with Gasteiger partial charge in [-0.05, 0) is 35.9 Å². The number of anilines is 3. The van der Waals surface area contributed by atoms with Gasteiger partial charge in [0.2, 0.25) is 17.7 Å². The third-order valence-corrected chi connectivity index (χ3v) is 5.37. The van der Waals surface area contributed by atoms with E-state index in [1.807, 2.05) is 24.3 Å². The van der Waals surface area contributed by atoms with Gasteiger partial charge in [-0.3, -0.25) is 4.79 Å². The lowest BCUT2D eigenvalue weighted by Crippen LogP contribution is -2.36. The molecule has 0 bridgehead atoms. The van der Waals surface area contributed by atoms with Gasteiger partial charge < -0.3 is 25.4 Å². The fourth-order valence-corrected chi connectivity index (χ4v) is 3.59. The van der Waals surface area contributed by atoms with E-state index in [1.165, 1.54) is 0 Å². The number of pyridine rings is 2. The molecule has 172 valence electrons. The van der Waals surface area contributed by atoms with Gasteiger partial charge in [-0.25, -0.2) is 4.98 Å². The fraction of sp³-hybridized carbons (Fsp3) is 0.167. The van der Waals surface area contributed by atoms with Gasteiger partial charge in [-0.2, -0.15) is 9.50 Å². The summed E-state index contributed by atoms with van der Waals surface area (Å²) in [7, 11) is 0. The summed E-state index contributed by atoms with van der Waals surface area (Å²) in [5, 5.41) is 7.71. The van der Waals surface area contributed by atoms with Crippen molar-refractivity contribution in [2.75, 3.05) is 36.5 Å². The third kappa shape index (κ3) is 4.52. The standard InChI is InChI=1S/C24H23N7O3/c1-16(23(25)32)17-4-2-5-19(14-17)34-22-7-3-6-21-28-24(29-31(21)22)27-18-8-9-20(26-15-18)30-10-12-33-13-11-30/h2-9,14-15H,1,10-13H2,(H2,25,32)(H,27,29). The fourth-order valence-electron chi connectivity index (χ4n) is 3.59. The monoisotopic (exact) mass is 457 g/mol. The van der Waals surface area contributed by atoms with Crippen molar-refractivity contribution in [3.8, 4) is 11.6 Å². The molecule has 1 aliphatic rings. The smallest absolute Gasteiger partial charge is 0.248 e. The minimum Gasteiger partial charge on any atom is -0.439 e. The minimum absolute atomic E-state index is 0.212. The molecule has 10 nitrogen and oxygen atoms in total. The van der Waals surface area contributed by atoms with Gasteiger partial charge in [0.15, 0.2) is 5.65 Å². The summed E-state index contributed by atoms with van der Waals surface area (Å²) in [6.45, 7) is 6.80. The SMILES string of the molecule is C=C(C(N)=O)c1cccc(Oc2cccc3nc(Nc4ccc(N5CCOCC5)nc4)nn23)c1. The average molecular weight is 457 g/mol. The van der Waals surface area contributed by atoms with E-state index in [9.17, 15) is 4.79 Å². The Morgan fingerprint density at radius 2 is 1.94 bits per heavy atom. The Balaban J connectivity index is 1.34. The highest BCUT2D eigenvalue weighted by molar-refractivity contribution is 6.17. The van der Waals surface area contributed by atoms with Crippen LogP contribution in [0.15, 0.2) is 67.4 Å². The summed E-state index contributed by atoms with van der Waals surface area (Å²) in [6.07, 6.45) is 1.75. The molecule has 0 saturated carbocycles. The Kier molecular flexibility index (Phi) is 5.79. The number of ether oxygens (including phenoxy) is 2. The Morgan fingerprint density at radius 3 is 2.71 bits per heavy atom. The number of nitrogens with two attached hydrogens (primary N) is 1. The van der Waals surface area contributed by atoms with E-state index in [4.69, 9.17) is 15.2 Å². The molecule has 5 rings (SSSR count). The molecule has 10 heteroatoms. The van der Waals surface area contributed by atoms with Crippen molar-refractivity contribution in [3.63, 3.8) is 0 Å². The van der Waals surface area contributed by atoms with Crippen molar-refractivity contribution in [1.82, 2.24) is 19.6 Å². The van der Waals surface area contributed by atoms with E-state index in [1.54, 1.807) is 41.0 Å². The summed E-state index contributed by atoms with van der Waals surface area (Å²) in [5.74, 6) is 1.71. The highest BCUT2D eigenvalue weighted by Crippen LogP contribution is 2.26. The summed E-state index contributed by atoms with van der Waals surface area (Å²) in [5.41, 5.74) is 7.52.